The van der Waals surface area contributed by atoms with Crippen LogP contribution in [0.25, 0.3) is 0 Å². The van der Waals surface area contributed by atoms with E-state index in [9.17, 15) is 24.0 Å². The van der Waals surface area contributed by atoms with Gasteiger partial charge in [-0.2, -0.15) is 0 Å². The van der Waals surface area contributed by atoms with Crippen LogP contribution in [0.15, 0.2) is 43.0 Å². The lowest BCUT2D eigenvalue weighted by Crippen LogP contribution is -2.32. The van der Waals surface area contributed by atoms with Crippen LogP contribution in [0.3, 0.4) is 0 Å². The van der Waals surface area contributed by atoms with Crippen molar-refractivity contribution < 1.29 is 47.7 Å². The van der Waals surface area contributed by atoms with Gasteiger partial charge in [-0.3, -0.25) is 9.59 Å². The van der Waals surface area contributed by atoms with E-state index in [0.717, 1.165) is 81.1 Å². The van der Waals surface area contributed by atoms with Crippen molar-refractivity contribution in [2.45, 2.75) is 142 Å². The maximum absolute atomic E-state index is 13.9. The van der Waals surface area contributed by atoms with Gasteiger partial charge in [-0.1, -0.05) is 65.5 Å². The summed E-state index contributed by atoms with van der Waals surface area (Å²) >= 11 is 0. The van der Waals surface area contributed by atoms with Crippen LogP contribution in [-0.4, -0.2) is 49.2 Å². The summed E-state index contributed by atoms with van der Waals surface area (Å²) in [4.78, 5) is 65.0. The zero-order valence-corrected chi connectivity index (χ0v) is 34.6. The molecule has 4 aliphatic carbocycles. The normalized spacial score (nSPS) is 28.2. The van der Waals surface area contributed by atoms with Crippen molar-refractivity contribution in [1.82, 2.24) is 0 Å². The van der Waals surface area contributed by atoms with Crippen molar-refractivity contribution in [2.75, 3.05) is 13.2 Å². The highest BCUT2D eigenvalue weighted by molar-refractivity contribution is 5.94. The van der Waals surface area contributed by atoms with Crippen LogP contribution >= 0.6 is 0 Å². The molecule has 0 radical (unpaired) electrons. The highest BCUT2D eigenvalue weighted by atomic mass is 16.6. The molecule has 57 heavy (non-hydrogen) atoms. The molecule has 5 rings (SSSR count). The monoisotopic (exact) mass is 790 g/mol. The van der Waals surface area contributed by atoms with E-state index >= 15 is 0 Å². The van der Waals surface area contributed by atoms with Crippen LogP contribution in [0.2, 0.25) is 0 Å². The SMILES string of the molecule is C=CC(=O)OCC(COC(=O)C(=C)C)OC(=O)c1cc(OC(=O)C2CCC(C3CCC(CC)CC3)CC2)ccc1OC(=O)C1CCC(C2CCC(CC)CC2)CC1. The van der Waals surface area contributed by atoms with Gasteiger partial charge >= 0.3 is 29.8 Å². The fourth-order valence-electron chi connectivity index (χ4n) is 9.86. The molecule has 4 fully saturated rings. The minimum atomic E-state index is -1.21. The van der Waals surface area contributed by atoms with E-state index in [4.69, 9.17) is 23.7 Å². The van der Waals surface area contributed by atoms with E-state index in [-0.39, 0.29) is 40.4 Å². The fraction of sp³-hybridized carbons (Fsp3) is 0.681. The summed E-state index contributed by atoms with van der Waals surface area (Å²) < 4.78 is 27.8. The van der Waals surface area contributed by atoms with Gasteiger partial charge in [0.1, 0.15) is 30.3 Å². The lowest BCUT2D eigenvalue weighted by Gasteiger charge is -2.37. The molecule has 0 spiro atoms. The Morgan fingerprint density at radius 3 is 1.58 bits per heavy atom. The summed E-state index contributed by atoms with van der Waals surface area (Å²) in [6, 6.07) is 4.32. The van der Waals surface area contributed by atoms with E-state index in [1.54, 1.807) is 0 Å². The van der Waals surface area contributed by atoms with E-state index in [1.807, 2.05) is 0 Å². The Morgan fingerprint density at radius 1 is 0.667 bits per heavy atom. The second-order valence-corrected chi connectivity index (χ2v) is 17.3. The number of ether oxygens (including phenoxy) is 5. The first-order valence-electron chi connectivity index (χ1n) is 21.9. The predicted molar refractivity (Wildman–Crippen MR) is 216 cm³/mol. The third-order valence-corrected chi connectivity index (χ3v) is 13.7. The van der Waals surface area contributed by atoms with Crippen LogP contribution in [0.4, 0.5) is 0 Å². The van der Waals surface area contributed by atoms with E-state index in [1.165, 1.54) is 89.3 Å². The van der Waals surface area contributed by atoms with Crippen LogP contribution in [0, 0.1) is 47.3 Å². The molecule has 0 aromatic heterocycles. The molecule has 0 amide bonds. The van der Waals surface area contributed by atoms with Gasteiger partial charge in [0.2, 0.25) is 0 Å². The minimum absolute atomic E-state index is 0.0381. The molecule has 10 nitrogen and oxygen atoms in total. The molecule has 0 N–H and O–H groups in total. The summed E-state index contributed by atoms with van der Waals surface area (Å²) in [5.41, 5.74) is -0.00921. The lowest BCUT2D eigenvalue weighted by atomic mass is 9.69. The smallest absolute Gasteiger partial charge is 0.342 e. The van der Waals surface area contributed by atoms with Crippen molar-refractivity contribution in [2.24, 2.45) is 47.3 Å². The summed E-state index contributed by atoms with van der Waals surface area (Å²) in [6.07, 6.45) is 19.5. The van der Waals surface area contributed by atoms with Gasteiger partial charge in [-0.05, 0) is 138 Å². The first kappa shape index (κ1) is 44.2. The average Bonchev–Trinajstić information content (AvgIpc) is 3.24. The Bertz CT molecular complexity index is 1550. The van der Waals surface area contributed by atoms with Crippen molar-refractivity contribution in [3.63, 3.8) is 0 Å². The molecule has 1 aromatic rings. The third kappa shape index (κ3) is 12.8. The maximum Gasteiger partial charge on any atom is 0.342 e. The topological polar surface area (TPSA) is 132 Å². The lowest BCUT2D eigenvalue weighted by molar-refractivity contribution is -0.147. The van der Waals surface area contributed by atoms with Crippen molar-refractivity contribution in [3.05, 3.63) is 48.6 Å². The van der Waals surface area contributed by atoms with Crippen LogP contribution < -0.4 is 9.47 Å². The number of hydrogen-bond acceptors (Lipinski definition) is 10. The molecular formula is C47H66O10. The second kappa shape index (κ2) is 21.7. The summed E-state index contributed by atoms with van der Waals surface area (Å²) in [5, 5.41) is 0. The fourth-order valence-corrected chi connectivity index (χ4v) is 9.86. The molecule has 1 atom stereocenters. The zero-order chi connectivity index (χ0) is 40.9. The Kier molecular flexibility index (Phi) is 16.8. The molecule has 314 valence electrons. The molecule has 1 unspecified atom stereocenters. The molecule has 4 saturated carbocycles. The van der Waals surface area contributed by atoms with E-state index in [0.29, 0.717) is 11.8 Å². The van der Waals surface area contributed by atoms with Gasteiger partial charge in [0, 0.05) is 11.6 Å². The van der Waals surface area contributed by atoms with Crippen LogP contribution in [0.1, 0.15) is 147 Å². The van der Waals surface area contributed by atoms with Crippen molar-refractivity contribution in [1.29, 1.82) is 0 Å². The number of hydrogen-bond donors (Lipinski definition) is 0. The number of carbonyl (C=O) groups is 5. The van der Waals surface area contributed by atoms with Gasteiger partial charge in [0.05, 0.1) is 11.8 Å². The average molecular weight is 791 g/mol. The summed E-state index contributed by atoms with van der Waals surface area (Å²) in [6.45, 7) is 12.1. The van der Waals surface area contributed by atoms with Crippen LogP contribution in [-0.2, 0) is 33.4 Å². The minimum Gasteiger partial charge on any atom is -0.458 e. The van der Waals surface area contributed by atoms with Gasteiger partial charge < -0.3 is 23.7 Å². The van der Waals surface area contributed by atoms with E-state index in [2.05, 4.69) is 27.0 Å². The van der Waals surface area contributed by atoms with E-state index < -0.39 is 43.2 Å². The number of esters is 5. The number of carbonyl (C=O) groups excluding carboxylic acids is 5. The van der Waals surface area contributed by atoms with Crippen molar-refractivity contribution in [3.8, 4) is 11.5 Å². The third-order valence-electron chi connectivity index (χ3n) is 13.7. The first-order valence-corrected chi connectivity index (χ1v) is 21.9. The maximum atomic E-state index is 13.9. The molecule has 1 aromatic carbocycles. The Hall–Kier alpha value is -3.95. The highest BCUT2D eigenvalue weighted by Gasteiger charge is 2.36. The molecule has 10 heteroatoms. The summed E-state index contributed by atoms with van der Waals surface area (Å²) in [5.74, 6) is 0.756. The molecule has 0 saturated heterocycles. The van der Waals surface area contributed by atoms with Crippen molar-refractivity contribution >= 4 is 29.8 Å². The highest BCUT2D eigenvalue weighted by Crippen LogP contribution is 2.44. The second-order valence-electron chi connectivity index (χ2n) is 17.3. The number of benzene rings is 1. The van der Waals surface area contributed by atoms with Gasteiger partial charge in [-0.25, -0.2) is 14.4 Å². The Balaban J connectivity index is 1.26. The molecule has 0 aliphatic heterocycles. The first-order chi connectivity index (χ1) is 27.5. The molecule has 0 heterocycles. The van der Waals surface area contributed by atoms with Gasteiger partial charge in [-0.15, -0.1) is 0 Å². The van der Waals surface area contributed by atoms with Gasteiger partial charge in [0.25, 0.3) is 0 Å². The largest absolute Gasteiger partial charge is 0.458 e. The van der Waals surface area contributed by atoms with Gasteiger partial charge in [0.15, 0.2) is 6.10 Å². The Morgan fingerprint density at radius 2 is 1.12 bits per heavy atom. The molecule has 0 bridgehead atoms. The molecular weight excluding hydrogens is 725 g/mol. The summed E-state index contributed by atoms with van der Waals surface area (Å²) in [7, 11) is 0. The standard InChI is InChI=1S/C47H66O10/c1-6-31-9-13-33(14-10-31)35-17-21-37(22-18-35)45(50)55-39-25-26-42(57-46(51)38-23-19-36(20-24-38)34-15-11-32(7-2)12-16-34)41(27-39)47(52)56-40(28-53-43(48)8-3)29-54-44(49)30(4)5/h8,25-27,31-38,40H,3-4,6-7,9-24,28-29H2,1-2,5H3. The number of rotatable bonds is 16. The quantitative estimate of drug-likeness (QED) is 0.0690. The Labute approximate surface area is 339 Å². The zero-order valence-electron chi connectivity index (χ0n) is 34.6. The predicted octanol–water partition coefficient (Wildman–Crippen LogP) is 9.92. The molecule has 4 aliphatic rings. The van der Waals surface area contributed by atoms with Crippen LogP contribution in [0.5, 0.6) is 11.5 Å².